The Balaban J connectivity index is 0.00000364. The van der Waals surface area contributed by atoms with Gasteiger partial charge in [-0.25, -0.2) is 8.42 Å². The molecule has 1 saturated heterocycles. The van der Waals surface area contributed by atoms with Gasteiger partial charge in [-0.15, -0.1) is 12.4 Å². The fraction of sp³-hybridized carbons (Fsp3) is 0.588. The number of carbonyl (C=O) groups is 1. The number of carbonyl (C=O) groups excluding carboxylic acids is 1. The Hall–Kier alpha value is -1.39. The summed E-state index contributed by atoms with van der Waals surface area (Å²) in [7, 11) is -2.35. The third-order valence-corrected chi connectivity index (χ3v) is 5.95. The average molecular weight is 422 g/mol. The number of morpholine rings is 1. The van der Waals surface area contributed by atoms with E-state index in [0.717, 1.165) is 13.0 Å². The number of sulfonamides is 1. The lowest BCUT2D eigenvalue weighted by molar-refractivity contribution is 0.0729. The molecule has 2 rings (SSSR count). The molecule has 1 fully saturated rings. The van der Waals surface area contributed by atoms with Crippen molar-refractivity contribution in [3.8, 4) is 5.75 Å². The maximum Gasteiger partial charge on any atom is 0.251 e. The van der Waals surface area contributed by atoms with Crippen molar-refractivity contribution >= 4 is 28.3 Å². The van der Waals surface area contributed by atoms with Crippen LogP contribution in [0, 0.1) is 0 Å². The van der Waals surface area contributed by atoms with E-state index in [2.05, 4.69) is 17.6 Å². The molecule has 0 bridgehead atoms. The molecule has 0 saturated carbocycles. The minimum atomic E-state index is -3.76. The lowest BCUT2D eigenvalue weighted by atomic mass is 10.2. The van der Waals surface area contributed by atoms with Crippen molar-refractivity contribution in [3.05, 3.63) is 23.8 Å². The highest BCUT2D eigenvalue weighted by Gasteiger charge is 2.30. The Morgan fingerprint density at radius 2 is 1.93 bits per heavy atom. The molecule has 10 heteroatoms. The van der Waals surface area contributed by atoms with E-state index >= 15 is 0 Å². The van der Waals surface area contributed by atoms with Crippen LogP contribution in [0.3, 0.4) is 0 Å². The van der Waals surface area contributed by atoms with Crippen LogP contribution in [0.2, 0.25) is 0 Å². The zero-order valence-corrected chi connectivity index (χ0v) is 17.3. The third kappa shape index (κ3) is 6.32. The van der Waals surface area contributed by atoms with E-state index in [4.69, 9.17) is 9.47 Å². The van der Waals surface area contributed by atoms with Crippen LogP contribution >= 0.6 is 12.4 Å². The van der Waals surface area contributed by atoms with Crippen LogP contribution in [0.1, 0.15) is 23.7 Å². The molecule has 8 nitrogen and oxygen atoms in total. The molecular formula is C17H28ClN3O5S. The zero-order valence-electron chi connectivity index (χ0n) is 15.7. The van der Waals surface area contributed by atoms with Gasteiger partial charge >= 0.3 is 0 Å². The van der Waals surface area contributed by atoms with E-state index < -0.39 is 10.0 Å². The minimum absolute atomic E-state index is 0. The second-order valence-corrected chi connectivity index (χ2v) is 7.79. The monoisotopic (exact) mass is 421 g/mol. The molecule has 2 N–H and O–H groups in total. The molecule has 0 aliphatic carbocycles. The van der Waals surface area contributed by atoms with Gasteiger partial charge in [0, 0.05) is 31.7 Å². The van der Waals surface area contributed by atoms with Crippen LogP contribution in [-0.4, -0.2) is 71.7 Å². The van der Waals surface area contributed by atoms with Gasteiger partial charge in [-0.05, 0) is 31.2 Å². The largest absolute Gasteiger partial charge is 0.495 e. The molecule has 0 spiro atoms. The van der Waals surface area contributed by atoms with Crippen LogP contribution in [-0.2, 0) is 14.8 Å². The molecule has 0 aromatic heterocycles. The Morgan fingerprint density at radius 1 is 1.22 bits per heavy atom. The molecule has 0 atom stereocenters. The maximum atomic E-state index is 12.9. The van der Waals surface area contributed by atoms with Gasteiger partial charge in [-0.2, -0.15) is 4.31 Å². The van der Waals surface area contributed by atoms with E-state index in [9.17, 15) is 13.2 Å². The summed E-state index contributed by atoms with van der Waals surface area (Å²) in [6.45, 7) is 5.36. The summed E-state index contributed by atoms with van der Waals surface area (Å²) in [4.78, 5) is 12.3. The Morgan fingerprint density at radius 3 is 2.56 bits per heavy atom. The summed E-state index contributed by atoms with van der Waals surface area (Å²) in [5.74, 6) is -0.0953. The highest BCUT2D eigenvalue weighted by molar-refractivity contribution is 7.89. The van der Waals surface area contributed by atoms with Crippen molar-refractivity contribution in [1.29, 1.82) is 0 Å². The Bertz CT molecular complexity index is 709. The standard InChI is InChI=1S/C17H27N3O5S.ClH/c1-3-6-18-7-8-19-17(21)14-4-5-15(24-2)16(13-14)26(22,23)20-9-11-25-12-10-20;/h4-5,13,18H,3,6-12H2,1-2H3,(H,19,21);1H. The predicted molar refractivity (Wildman–Crippen MR) is 105 cm³/mol. The van der Waals surface area contributed by atoms with E-state index in [1.165, 1.54) is 23.5 Å². The van der Waals surface area contributed by atoms with Crippen LogP contribution in [0.25, 0.3) is 0 Å². The van der Waals surface area contributed by atoms with E-state index in [1.54, 1.807) is 6.07 Å². The van der Waals surface area contributed by atoms with Gasteiger partial charge in [0.05, 0.1) is 20.3 Å². The first-order valence-corrected chi connectivity index (χ1v) is 10.2. The summed E-state index contributed by atoms with van der Waals surface area (Å²) < 4.78 is 37.6. The molecule has 0 radical (unpaired) electrons. The van der Waals surface area contributed by atoms with Gasteiger partial charge in [-0.3, -0.25) is 4.79 Å². The van der Waals surface area contributed by atoms with Gasteiger partial charge in [0.1, 0.15) is 10.6 Å². The highest BCUT2D eigenvalue weighted by Crippen LogP contribution is 2.28. The van der Waals surface area contributed by atoms with Crippen LogP contribution < -0.4 is 15.4 Å². The number of rotatable bonds is 9. The number of hydrogen-bond acceptors (Lipinski definition) is 6. The summed E-state index contributed by atoms with van der Waals surface area (Å²) in [6.07, 6.45) is 1.02. The molecule has 0 unspecified atom stereocenters. The van der Waals surface area contributed by atoms with Gasteiger partial charge in [-0.1, -0.05) is 6.92 Å². The Labute approximate surface area is 167 Å². The third-order valence-electron chi connectivity index (χ3n) is 4.03. The van der Waals surface area contributed by atoms with Crippen molar-refractivity contribution in [3.63, 3.8) is 0 Å². The number of amides is 1. The predicted octanol–water partition coefficient (Wildman–Crippen LogP) is 0.867. The van der Waals surface area contributed by atoms with Gasteiger partial charge < -0.3 is 20.1 Å². The van der Waals surface area contributed by atoms with Crippen LogP contribution in [0.15, 0.2) is 23.1 Å². The molecule has 1 aromatic rings. The second-order valence-electron chi connectivity index (χ2n) is 5.89. The maximum absolute atomic E-state index is 12.9. The molecular weight excluding hydrogens is 394 g/mol. The number of benzene rings is 1. The molecule has 1 heterocycles. The topological polar surface area (TPSA) is 97.0 Å². The number of ether oxygens (including phenoxy) is 2. The molecule has 1 aliphatic rings. The zero-order chi connectivity index (χ0) is 19.0. The van der Waals surface area contributed by atoms with Crippen molar-refractivity contribution in [2.75, 3.05) is 53.0 Å². The fourth-order valence-electron chi connectivity index (χ4n) is 2.61. The summed E-state index contributed by atoms with van der Waals surface area (Å²) in [5.41, 5.74) is 0.285. The molecule has 154 valence electrons. The summed E-state index contributed by atoms with van der Waals surface area (Å²) in [5, 5.41) is 5.97. The fourth-order valence-corrected chi connectivity index (χ4v) is 4.20. The molecule has 1 amide bonds. The van der Waals surface area contributed by atoms with Crippen molar-refractivity contribution in [2.45, 2.75) is 18.2 Å². The first-order chi connectivity index (χ1) is 12.5. The lowest BCUT2D eigenvalue weighted by Crippen LogP contribution is -2.40. The highest BCUT2D eigenvalue weighted by atomic mass is 35.5. The van der Waals surface area contributed by atoms with E-state index in [1.807, 2.05) is 0 Å². The summed E-state index contributed by atoms with van der Waals surface area (Å²) in [6, 6.07) is 4.45. The van der Waals surface area contributed by atoms with E-state index in [-0.39, 0.29) is 47.6 Å². The molecule has 27 heavy (non-hydrogen) atoms. The quantitative estimate of drug-likeness (QED) is 0.574. The van der Waals surface area contributed by atoms with Crippen LogP contribution in [0.5, 0.6) is 5.75 Å². The lowest BCUT2D eigenvalue weighted by Gasteiger charge is -2.26. The smallest absolute Gasteiger partial charge is 0.251 e. The number of hydrogen-bond donors (Lipinski definition) is 2. The van der Waals surface area contributed by atoms with Crippen molar-refractivity contribution < 1.29 is 22.7 Å². The van der Waals surface area contributed by atoms with Gasteiger partial charge in [0.15, 0.2) is 0 Å². The second kappa shape index (κ2) is 11.5. The van der Waals surface area contributed by atoms with Crippen molar-refractivity contribution in [1.82, 2.24) is 14.9 Å². The summed E-state index contributed by atoms with van der Waals surface area (Å²) >= 11 is 0. The normalized spacial score (nSPS) is 15.0. The first kappa shape index (κ1) is 23.6. The first-order valence-electron chi connectivity index (χ1n) is 8.75. The molecule has 1 aromatic carbocycles. The number of nitrogens with zero attached hydrogens (tertiary/aromatic N) is 1. The number of nitrogens with one attached hydrogen (secondary N) is 2. The average Bonchev–Trinajstić information content (AvgIpc) is 2.67. The number of halogens is 1. The van der Waals surface area contributed by atoms with Gasteiger partial charge in [0.2, 0.25) is 10.0 Å². The molecule has 1 aliphatic heterocycles. The van der Waals surface area contributed by atoms with Crippen molar-refractivity contribution in [2.24, 2.45) is 0 Å². The van der Waals surface area contributed by atoms with Crippen LogP contribution in [0.4, 0.5) is 0 Å². The SMILES string of the molecule is CCCNCCNC(=O)c1ccc(OC)c(S(=O)(=O)N2CCOCC2)c1.Cl. The Kier molecular flexibility index (Phi) is 10.0. The minimum Gasteiger partial charge on any atom is -0.495 e. The number of methoxy groups -OCH3 is 1. The van der Waals surface area contributed by atoms with Gasteiger partial charge in [0.25, 0.3) is 5.91 Å². The van der Waals surface area contributed by atoms with E-state index in [0.29, 0.717) is 26.3 Å².